The molecule has 29 heavy (non-hydrogen) atoms. The van der Waals surface area contributed by atoms with Gasteiger partial charge >= 0.3 is 5.97 Å². The van der Waals surface area contributed by atoms with E-state index in [9.17, 15) is 9.90 Å². The first-order valence-corrected chi connectivity index (χ1v) is 9.56. The van der Waals surface area contributed by atoms with Crippen LogP contribution in [0.15, 0.2) is 78.9 Å². The van der Waals surface area contributed by atoms with Gasteiger partial charge in [-0.2, -0.15) is 5.10 Å². The van der Waals surface area contributed by atoms with Gasteiger partial charge in [-0.3, -0.25) is 0 Å². The highest BCUT2D eigenvalue weighted by atomic mass is 16.4. The quantitative estimate of drug-likeness (QED) is 0.529. The first-order chi connectivity index (χ1) is 14.2. The van der Waals surface area contributed by atoms with E-state index in [2.05, 4.69) is 41.7 Å². The Morgan fingerprint density at radius 1 is 0.897 bits per heavy atom. The topological polar surface area (TPSA) is 67.1 Å². The van der Waals surface area contributed by atoms with Crippen LogP contribution in [0, 0.1) is 0 Å². The molecule has 5 heteroatoms. The monoisotopic (exact) mass is 381 g/mol. The van der Waals surface area contributed by atoms with Crippen LogP contribution in [0.2, 0.25) is 0 Å². The van der Waals surface area contributed by atoms with Gasteiger partial charge in [-0.1, -0.05) is 60.7 Å². The summed E-state index contributed by atoms with van der Waals surface area (Å²) in [6.45, 7) is 0.848. The molecule has 142 valence electrons. The van der Waals surface area contributed by atoms with Crippen LogP contribution in [-0.2, 0) is 6.42 Å². The molecule has 0 bridgehead atoms. The molecular weight excluding hydrogens is 362 g/mol. The number of carbonyl (C=O) groups is 1. The van der Waals surface area contributed by atoms with E-state index in [1.807, 2.05) is 28.9 Å². The largest absolute Gasteiger partial charge is 0.478 e. The van der Waals surface area contributed by atoms with Crippen LogP contribution in [0.3, 0.4) is 0 Å². The van der Waals surface area contributed by atoms with E-state index < -0.39 is 5.97 Å². The molecule has 1 aromatic heterocycles. The molecule has 0 saturated heterocycles. The van der Waals surface area contributed by atoms with Crippen molar-refractivity contribution >= 4 is 11.8 Å². The second-order valence-corrected chi connectivity index (χ2v) is 7.06. The highest BCUT2D eigenvalue weighted by Crippen LogP contribution is 2.35. The highest BCUT2D eigenvalue weighted by molar-refractivity contribution is 5.88. The van der Waals surface area contributed by atoms with E-state index in [1.54, 1.807) is 18.2 Å². The number of carboxylic acid groups (broad SMARTS) is 1. The van der Waals surface area contributed by atoms with Gasteiger partial charge in [0.15, 0.2) is 0 Å². The summed E-state index contributed by atoms with van der Waals surface area (Å²) in [4.78, 5) is 11.3. The lowest BCUT2D eigenvalue weighted by Gasteiger charge is -2.07. The number of anilines is 1. The summed E-state index contributed by atoms with van der Waals surface area (Å²) < 4.78 is 1.81. The Bertz CT molecular complexity index is 1190. The highest BCUT2D eigenvalue weighted by Gasteiger charge is 2.24. The number of aromatic nitrogens is 2. The molecule has 0 fully saturated rings. The van der Waals surface area contributed by atoms with Crippen molar-refractivity contribution in [2.75, 3.05) is 11.9 Å². The van der Waals surface area contributed by atoms with E-state index in [-0.39, 0.29) is 5.56 Å². The number of aromatic carboxylic acids is 1. The standard InChI is InChI=1S/C24H19N3O2/c28-24(29)19-7-4-8-20(15-19)27-23-21(13-14-25-23)22(26-27)18-11-9-17(10-12-18)16-5-2-1-3-6-16/h1-12,15,25H,13-14H2,(H,28,29). The minimum absolute atomic E-state index is 0.249. The van der Waals surface area contributed by atoms with Crippen LogP contribution in [0.5, 0.6) is 0 Å². The number of rotatable bonds is 4. The van der Waals surface area contributed by atoms with E-state index in [0.29, 0.717) is 0 Å². The normalized spacial score (nSPS) is 12.4. The Hall–Kier alpha value is -3.86. The van der Waals surface area contributed by atoms with Crippen LogP contribution in [0.4, 0.5) is 5.82 Å². The molecule has 2 heterocycles. The molecule has 5 rings (SSSR count). The molecule has 5 nitrogen and oxygen atoms in total. The third-order valence-electron chi connectivity index (χ3n) is 5.25. The Morgan fingerprint density at radius 2 is 1.62 bits per heavy atom. The molecule has 0 spiro atoms. The summed E-state index contributed by atoms with van der Waals surface area (Å²) >= 11 is 0. The predicted octanol–water partition coefficient (Wildman–Crippen LogP) is 4.87. The summed E-state index contributed by atoms with van der Waals surface area (Å²) in [5, 5.41) is 17.5. The number of nitrogens with one attached hydrogen (secondary N) is 1. The van der Waals surface area contributed by atoms with Gasteiger partial charge in [-0.05, 0) is 35.7 Å². The fourth-order valence-electron chi connectivity index (χ4n) is 3.82. The summed E-state index contributed by atoms with van der Waals surface area (Å²) in [6, 6.07) is 25.6. The lowest BCUT2D eigenvalue weighted by atomic mass is 10.0. The number of hydrogen-bond donors (Lipinski definition) is 2. The fourth-order valence-corrected chi connectivity index (χ4v) is 3.82. The third-order valence-corrected chi connectivity index (χ3v) is 5.25. The van der Waals surface area contributed by atoms with Gasteiger partial charge in [0.1, 0.15) is 5.82 Å². The molecule has 0 aliphatic carbocycles. The molecule has 0 radical (unpaired) electrons. The zero-order valence-corrected chi connectivity index (χ0v) is 15.7. The van der Waals surface area contributed by atoms with Crippen LogP contribution in [0.25, 0.3) is 28.1 Å². The van der Waals surface area contributed by atoms with Crippen LogP contribution >= 0.6 is 0 Å². The van der Waals surface area contributed by atoms with Crippen molar-refractivity contribution in [2.24, 2.45) is 0 Å². The van der Waals surface area contributed by atoms with Crippen molar-refractivity contribution in [1.29, 1.82) is 0 Å². The number of nitrogens with zero attached hydrogens (tertiary/aromatic N) is 2. The van der Waals surface area contributed by atoms with Crippen molar-refractivity contribution in [3.8, 4) is 28.1 Å². The zero-order chi connectivity index (χ0) is 19.8. The third kappa shape index (κ3) is 3.06. The smallest absolute Gasteiger partial charge is 0.335 e. The van der Waals surface area contributed by atoms with Gasteiger partial charge in [0, 0.05) is 17.7 Å². The van der Waals surface area contributed by atoms with E-state index >= 15 is 0 Å². The zero-order valence-electron chi connectivity index (χ0n) is 15.7. The number of benzene rings is 3. The maximum Gasteiger partial charge on any atom is 0.335 e. The molecule has 1 aliphatic heterocycles. The molecule has 0 amide bonds. The number of carboxylic acids is 1. The number of hydrogen-bond acceptors (Lipinski definition) is 3. The van der Waals surface area contributed by atoms with Gasteiger partial charge in [0.25, 0.3) is 0 Å². The molecule has 0 saturated carbocycles. The van der Waals surface area contributed by atoms with Gasteiger partial charge in [-0.25, -0.2) is 9.48 Å². The SMILES string of the molecule is O=C(O)c1cccc(-n2nc(-c3ccc(-c4ccccc4)cc3)c3c2NCC3)c1. The summed E-state index contributed by atoms with van der Waals surface area (Å²) in [5.41, 5.74) is 6.49. The minimum Gasteiger partial charge on any atom is -0.478 e. The Kier molecular flexibility index (Phi) is 4.13. The van der Waals surface area contributed by atoms with Gasteiger partial charge in [0.05, 0.1) is 16.9 Å². The summed E-state index contributed by atoms with van der Waals surface area (Å²) in [7, 11) is 0. The molecule has 4 aromatic rings. The molecule has 0 atom stereocenters. The number of fused-ring (bicyclic) bond motifs is 1. The van der Waals surface area contributed by atoms with Crippen LogP contribution in [-0.4, -0.2) is 27.4 Å². The van der Waals surface area contributed by atoms with Crippen LogP contribution in [0.1, 0.15) is 15.9 Å². The second-order valence-electron chi connectivity index (χ2n) is 7.06. The van der Waals surface area contributed by atoms with E-state index in [4.69, 9.17) is 5.10 Å². The minimum atomic E-state index is -0.944. The Morgan fingerprint density at radius 3 is 2.38 bits per heavy atom. The van der Waals surface area contributed by atoms with E-state index in [0.717, 1.165) is 46.9 Å². The lowest BCUT2D eigenvalue weighted by Crippen LogP contribution is -2.05. The second kappa shape index (κ2) is 6.95. The first-order valence-electron chi connectivity index (χ1n) is 9.56. The maximum atomic E-state index is 11.3. The first kappa shape index (κ1) is 17.3. The summed E-state index contributed by atoms with van der Waals surface area (Å²) in [6.07, 6.45) is 0.893. The average Bonchev–Trinajstić information content (AvgIpc) is 3.37. The predicted molar refractivity (Wildman–Crippen MR) is 114 cm³/mol. The molecule has 1 aliphatic rings. The van der Waals surface area contributed by atoms with Crippen LogP contribution < -0.4 is 5.32 Å². The van der Waals surface area contributed by atoms with Crippen molar-refractivity contribution in [1.82, 2.24) is 9.78 Å². The van der Waals surface area contributed by atoms with Crippen molar-refractivity contribution in [3.63, 3.8) is 0 Å². The Balaban J connectivity index is 1.56. The lowest BCUT2D eigenvalue weighted by molar-refractivity contribution is 0.0697. The van der Waals surface area contributed by atoms with Gasteiger partial charge < -0.3 is 10.4 Å². The molecule has 0 unspecified atom stereocenters. The maximum absolute atomic E-state index is 11.3. The average molecular weight is 381 g/mol. The van der Waals surface area contributed by atoms with E-state index in [1.165, 1.54) is 5.56 Å². The van der Waals surface area contributed by atoms with Gasteiger partial charge in [0.2, 0.25) is 0 Å². The fraction of sp³-hybridized carbons (Fsp3) is 0.0833. The Labute approximate surface area is 168 Å². The molecule has 3 aromatic carbocycles. The summed E-state index contributed by atoms with van der Waals surface area (Å²) in [5.74, 6) is -0.00462. The van der Waals surface area contributed by atoms with Gasteiger partial charge in [-0.15, -0.1) is 0 Å². The molecule has 2 N–H and O–H groups in total. The van der Waals surface area contributed by atoms with Crippen molar-refractivity contribution < 1.29 is 9.90 Å². The van der Waals surface area contributed by atoms with Crippen molar-refractivity contribution in [3.05, 3.63) is 90.0 Å². The van der Waals surface area contributed by atoms with Crippen molar-refractivity contribution in [2.45, 2.75) is 6.42 Å². The molecular formula is C24H19N3O2.